The van der Waals surface area contributed by atoms with Crippen LogP contribution in [0.1, 0.15) is 32.3 Å². The van der Waals surface area contributed by atoms with Gasteiger partial charge in [0, 0.05) is 30.7 Å². The third-order valence-corrected chi connectivity index (χ3v) is 4.48. The van der Waals surface area contributed by atoms with Gasteiger partial charge in [0.05, 0.1) is 13.1 Å². The summed E-state index contributed by atoms with van der Waals surface area (Å²) in [4.78, 5) is 28.0. The molecule has 1 N–H and O–H groups in total. The Kier molecular flexibility index (Phi) is 7.06. The number of hydrogen-bond donors (Lipinski definition) is 1. The summed E-state index contributed by atoms with van der Waals surface area (Å²) in [6, 6.07) is 7.86. The molecule has 24 heavy (non-hydrogen) atoms. The maximum Gasteiger partial charge on any atom is 0.241 e. The van der Waals surface area contributed by atoms with Crippen molar-refractivity contribution >= 4 is 23.4 Å². The summed E-state index contributed by atoms with van der Waals surface area (Å²) in [6.45, 7) is 6.70. The molecule has 1 saturated heterocycles. The quantitative estimate of drug-likeness (QED) is 0.820. The molecule has 1 aliphatic heterocycles. The fourth-order valence-corrected chi connectivity index (χ4v) is 3.00. The Labute approximate surface area is 149 Å². The average molecular weight is 352 g/mol. The molecule has 0 saturated carbocycles. The lowest BCUT2D eigenvalue weighted by Crippen LogP contribution is -2.44. The third kappa shape index (κ3) is 5.80. The van der Waals surface area contributed by atoms with Gasteiger partial charge in [-0.1, -0.05) is 23.7 Å². The first-order valence-electron chi connectivity index (χ1n) is 8.48. The normalized spacial score (nSPS) is 14.5. The highest BCUT2D eigenvalue weighted by Crippen LogP contribution is 2.14. The van der Waals surface area contributed by atoms with E-state index in [1.165, 1.54) is 0 Å². The number of nitrogens with one attached hydrogen (secondary N) is 1. The van der Waals surface area contributed by atoms with Crippen molar-refractivity contribution in [3.63, 3.8) is 0 Å². The third-order valence-electron chi connectivity index (χ3n) is 4.25. The molecule has 2 rings (SSSR count). The molecular formula is C18H26ClN3O2. The van der Waals surface area contributed by atoms with E-state index in [0.29, 0.717) is 11.6 Å². The summed E-state index contributed by atoms with van der Waals surface area (Å²) in [7, 11) is 0. The van der Waals surface area contributed by atoms with Crippen LogP contribution >= 0.6 is 11.6 Å². The highest BCUT2D eigenvalue weighted by atomic mass is 35.5. The smallest absolute Gasteiger partial charge is 0.241 e. The number of hydrogen-bond acceptors (Lipinski definition) is 3. The van der Waals surface area contributed by atoms with E-state index in [1.807, 2.05) is 43.0 Å². The number of nitrogens with zero attached hydrogens (tertiary/aromatic N) is 2. The lowest BCUT2D eigenvalue weighted by molar-refractivity contribution is -0.132. The second-order valence-corrected chi connectivity index (χ2v) is 6.93. The van der Waals surface area contributed by atoms with E-state index in [2.05, 4.69) is 10.2 Å². The van der Waals surface area contributed by atoms with Crippen molar-refractivity contribution in [2.45, 2.75) is 39.3 Å². The fourth-order valence-electron chi connectivity index (χ4n) is 2.78. The standard InChI is InChI=1S/C18H26ClN3O2/c1-14(2)22(12-15-6-5-7-16(19)10-15)13-17(23)20-11-18(24)21-8-3-4-9-21/h5-7,10,14H,3-4,8-9,11-13H2,1-2H3,(H,20,23). The molecule has 6 heteroatoms. The van der Waals surface area contributed by atoms with E-state index in [4.69, 9.17) is 11.6 Å². The Bertz CT molecular complexity index is 571. The highest BCUT2D eigenvalue weighted by molar-refractivity contribution is 6.30. The zero-order valence-corrected chi connectivity index (χ0v) is 15.2. The predicted molar refractivity (Wildman–Crippen MR) is 95.8 cm³/mol. The van der Waals surface area contributed by atoms with Gasteiger partial charge in [-0.25, -0.2) is 0 Å². The van der Waals surface area contributed by atoms with E-state index < -0.39 is 0 Å². The Hall–Kier alpha value is -1.59. The minimum atomic E-state index is -0.127. The van der Waals surface area contributed by atoms with Crippen LogP contribution in [0.3, 0.4) is 0 Å². The van der Waals surface area contributed by atoms with Gasteiger partial charge >= 0.3 is 0 Å². The second kappa shape index (κ2) is 9.04. The van der Waals surface area contributed by atoms with Crippen LogP contribution in [-0.2, 0) is 16.1 Å². The van der Waals surface area contributed by atoms with Crippen molar-refractivity contribution in [3.05, 3.63) is 34.9 Å². The molecule has 0 radical (unpaired) electrons. The largest absolute Gasteiger partial charge is 0.346 e. The van der Waals surface area contributed by atoms with Gasteiger partial charge in [0.15, 0.2) is 0 Å². The van der Waals surface area contributed by atoms with E-state index in [9.17, 15) is 9.59 Å². The Morgan fingerprint density at radius 3 is 2.62 bits per heavy atom. The monoisotopic (exact) mass is 351 g/mol. The Balaban J connectivity index is 1.83. The molecule has 0 aromatic heterocycles. The van der Waals surface area contributed by atoms with Crippen molar-refractivity contribution in [2.75, 3.05) is 26.2 Å². The molecule has 0 bridgehead atoms. The zero-order valence-electron chi connectivity index (χ0n) is 14.4. The highest BCUT2D eigenvalue weighted by Gasteiger charge is 2.19. The maximum atomic E-state index is 12.2. The van der Waals surface area contributed by atoms with E-state index in [-0.39, 0.29) is 30.9 Å². The van der Waals surface area contributed by atoms with Gasteiger partial charge in [-0.3, -0.25) is 14.5 Å². The van der Waals surface area contributed by atoms with E-state index >= 15 is 0 Å². The molecule has 1 aliphatic rings. The molecule has 0 unspecified atom stereocenters. The van der Waals surface area contributed by atoms with Gasteiger partial charge < -0.3 is 10.2 Å². The first-order valence-corrected chi connectivity index (χ1v) is 8.86. The molecule has 0 aliphatic carbocycles. The molecular weight excluding hydrogens is 326 g/mol. The van der Waals surface area contributed by atoms with Crippen LogP contribution in [0.5, 0.6) is 0 Å². The van der Waals surface area contributed by atoms with Crippen LogP contribution in [-0.4, -0.2) is 53.8 Å². The van der Waals surface area contributed by atoms with Crippen molar-refractivity contribution in [3.8, 4) is 0 Å². The molecule has 1 aromatic rings. The number of likely N-dealkylation sites (tertiary alicyclic amines) is 1. The lowest BCUT2D eigenvalue weighted by Gasteiger charge is -2.26. The van der Waals surface area contributed by atoms with Gasteiger partial charge in [-0.15, -0.1) is 0 Å². The number of carbonyl (C=O) groups excluding carboxylic acids is 2. The Morgan fingerprint density at radius 1 is 1.29 bits per heavy atom. The lowest BCUT2D eigenvalue weighted by atomic mass is 10.2. The minimum absolute atomic E-state index is 0.00629. The van der Waals surface area contributed by atoms with Gasteiger partial charge in [0.2, 0.25) is 11.8 Å². The molecule has 0 spiro atoms. The maximum absolute atomic E-state index is 12.2. The first-order chi connectivity index (χ1) is 11.5. The number of amides is 2. The fraction of sp³-hybridized carbons (Fsp3) is 0.556. The SMILES string of the molecule is CC(C)N(CC(=O)NCC(=O)N1CCCC1)Cc1cccc(Cl)c1. The molecule has 2 amide bonds. The predicted octanol–water partition coefficient (Wildman–Crippen LogP) is 2.29. The number of benzene rings is 1. The van der Waals surface area contributed by atoms with Crippen LogP contribution in [0, 0.1) is 0 Å². The summed E-state index contributed by atoms with van der Waals surface area (Å²) >= 11 is 6.02. The molecule has 1 aromatic carbocycles. The van der Waals surface area contributed by atoms with Crippen molar-refractivity contribution in [1.82, 2.24) is 15.1 Å². The van der Waals surface area contributed by atoms with Crippen molar-refractivity contribution in [1.29, 1.82) is 0 Å². The second-order valence-electron chi connectivity index (χ2n) is 6.49. The average Bonchev–Trinajstić information content (AvgIpc) is 3.06. The van der Waals surface area contributed by atoms with Crippen molar-refractivity contribution in [2.24, 2.45) is 0 Å². The molecule has 1 heterocycles. The van der Waals surface area contributed by atoms with Gasteiger partial charge in [0.1, 0.15) is 0 Å². The molecule has 1 fully saturated rings. The first kappa shape index (κ1) is 18.7. The summed E-state index contributed by atoms with van der Waals surface area (Å²) in [6.07, 6.45) is 2.11. The number of halogens is 1. The van der Waals surface area contributed by atoms with Gasteiger partial charge in [0.25, 0.3) is 0 Å². The van der Waals surface area contributed by atoms with E-state index in [1.54, 1.807) is 0 Å². The minimum Gasteiger partial charge on any atom is -0.346 e. The summed E-state index contributed by atoms with van der Waals surface area (Å²) in [5.74, 6) is -0.120. The molecule has 5 nitrogen and oxygen atoms in total. The molecule has 0 atom stereocenters. The zero-order chi connectivity index (χ0) is 17.5. The topological polar surface area (TPSA) is 52.7 Å². The van der Waals surface area contributed by atoms with E-state index in [0.717, 1.165) is 31.5 Å². The van der Waals surface area contributed by atoms with Crippen LogP contribution in [0.25, 0.3) is 0 Å². The van der Waals surface area contributed by atoms with Crippen LogP contribution in [0.15, 0.2) is 24.3 Å². The number of carbonyl (C=O) groups is 2. The molecule has 132 valence electrons. The van der Waals surface area contributed by atoms with Crippen LogP contribution < -0.4 is 5.32 Å². The Morgan fingerprint density at radius 2 is 2.00 bits per heavy atom. The van der Waals surface area contributed by atoms with Gasteiger partial charge in [-0.05, 0) is 44.4 Å². The van der Waals surface area contributed by atoms with Crippen LogP contribution in [0.2, 0.25) is 5.02 Å². The summed E-state index contributed by atoms with van der Waals surface area (Å²) in [5, 5.41) is 3.44. The summed E-state index contributed by atoms with van der Waals surface area (Å²) in [5.41, 5.74) is 1.07. The van der Waals surface area contributed by atoms with Crippen LogP contribution in [0.4, 0.5) is 0 Å². The van der Waals surface area contributed by atoms with Crippen molar-refractivity contribution < 1.29 is 9.59 Å². The summed E-state index contributed by atoms with van der Waals surface area (Å²) < 4.78 is 0. The van der Waals surface area contributed by atoms with Gasteiger partial charge in [-0.2, -0.15) is 0 Å². The number of rotatable bonds is 7.